The second-order valence-electron chi connectivity index (χ2n) is 26.0. The molecule has 22 heteroatoms. The number of hydrogen-bond acceptors (Lipinski definition) is 17. The highest BCUT2D eigenvalue weighted by molar-refractivity contribution is 5.83. The van der Waals surface area contributed by atoms with Gasteiger partial charge >= 0.3 is 30.3 Å². The molecule has 566 valence electrons. The molecular weight excluding hydrogens is 1400 g/mol. The Balaban J connectivity index is 0.000000193. The number of alkyl carbamates (subject to hydrolysis) is 4. The molecule has 14 rings (SSSR count). The van der Waals surface area contributed by atoms with Gasteiger partial charge in [-0.2, -0.15) is 0 Å². The molecular formula is C88H86N4O18. The number of amides is 4. The van der Waals surface area contributed by atoms with Crippen molar-refractivity contribution < 1.29 is 85.9 Å². The van der Waals surface area contributed by atoms with Crippen molar-refractivity contribution in [2.24, 2.45) is 0 Å². The number of carbonyl (C=O) groups excluding carboxylic acids is 4. The van der Waals surface area contributed by atoms with E-state index in [4.69, 9.17) is 61.9 Å². The van der Waals surface area contributed by atoms with Gasteiger partial charge in [-0.3, -0.25) is 0 Å². The first kappa shape index (κ1) is 75.7. The number of aliphatic carboxylic acids is 1. The van der Waals surface area contributed by atoms with Gasteiger partial charge in [-0.05, 0) is 95.9 Å². The Morgan fingerprint density at radius 2 is 0.482 bits per heavy atom. The van der Waals surface area contributed by atoms with Crippen molar-refractivity contribution >= 4 is 30.3 Å². The lowest BCUT2D eigenvalue weighted by Crippen LogP contribution is -2.30. The van der Waals surface area contributed by atoms with Crippen LogP contribution in [0.4, 0.5) is 19.2 Å². The molecule has 4 aliphatic rings. The zero-order valence-corrected chi connectivity index (χ0v) is 60.9. The molecule has 0 fully saturated rings. The molecule has 0 heterocycles. The molecule has 0 aliphatic heterocycles. The molecule has 0 saturated heterocycles. The Bertz CT molecular complexity index is 4380. The fraction of sp³-hybridized carbons (Fsp3) is 0.261. The highest BCUT2D eigenvalue weighted by Crippen LogP contribution is 2.48. The molecule has 4 aliphatic carbocycles. The SMILES string of the molecule is CCOCCOc1cc(OCCNC(=O)OCC2c3ccccc3-c3ccccc32)cc(OCCNC(=O)OCC2c3ccccc3-c3ccccc32)c1.O=C(O)COCCOc1cc(OCCNC(=O)OCC2c3ccccc3-c3ccccc32)cc(OCCNC(=O)OCC2c3ccccc3-c3ccccc32)c1. The maximum absolute atomic E-state index is 12.6. The third-order valence-electron chi connectivity index (χ3n) is 19.1. The summed E-state index contributed by atoms with van der Waals surface area (Å²) in [4.78, 5) is 61.3. The van der Waals surface area contributed by atoms with E-state index in [0.717, 1.165) is 66.8 Å². The minimum atomic E-state index is -1.07. The second kappa shape index (κ2) is 37.8. The Morgan fingerprint density at radius 1 is 0.282 bits per heavy atom. The fourth-order valence-electron chi connectivity index (χ4n) is 14.2. The predicted octanol–water partition coefficient (Wildman–Crippen LogP) is 14.9. The van der Waals surface area contributed by atoms with Crippen molar-refractivity contribution in [1.29, 1.82) is 0 Å². The van der Waals surface area contributed by atoms with Crippen molar-refractivity contribution in [3.8, 4) is 79.0 Å². The number of ether oxygens (including phenoxy) is 12. The van der Waals surface area contributed by atoms with Crippen LogP contribution < -0.4 is 49.7 Å². The Hall–Kier alpha value is -12.5. The van der Waals surface area contributed by atoms with Crippen LogP contribution in [0.25, 0.3) is 44.5 Å². The van der Waals surface area contributed by atoms with E-state index in [9.17, 15) is 24.0 Å². The molecule has 0 unspecified atom stereocenters. The summed E-state index contributed by atoms with van der Waals surface area (Å²) in [5.74, 6) is 1.54. The molecule has 0 bridgehead atoms. The van der Waals surface area contributed by atoms with Crippen molar-refractivity contribution in [3.63, 3.8) is 0 Å². The van der Waals surface area contributed by atoms with E-state index in [1.165, 1.54) is 22.3 Å². The first-order valence-corrected chi connectivity index (χ1v) is 36.8. The van der Waals surface area contributed by atoms with Crippen LogP contribution >= 0.6 is 0 Å². The molecule has 0 aromatic heterocycles. The summed E-state index contributed by atoms with van der Waals surface area (Å²) in [7, 11) is 0. The summed E-state index contributed by atoms with van der Waals surface area (Å²) in [6, 6.07) is 75.6. The van der Waals surface area contributed by atoms with Gasteiger partial charge in [0, 0.05) is 66.7 Å². The number of hydrogen-bond donors (Lipinski definition) is 5. The van der Waals surface area contributed by atoms with E-state index < -0.39 is 36.9 Å². The van der Waals surface area contributed by atoms with Gasteiger partial charge in [0.05, 0.1) is 39.4 Å². The summed E-state index contributed by atoms with van der Waals surface area (Å²) < 4.78 is 68.4. The highest BCUT2D eigenvalue weighted by atomic mass is 16.6. The molecule has 0 atom stereocenters. The van der Waals surface area contributed by atoms with E-state index in [-0.39, 0.29) is 116 Å². The molecule has 0 radical (unpaired) electrons. The summed E-state index contributed by atoms with van der Waals surface area (Å²) in [5.41, 5.74) is 18.5. The minimum Gasteiger partial charge on any atom is -0.491 e. The monoisotopic (exact) mass is 1490 g/mol. The number of carboxylic acids is 1. The third-order valence-corrected chi connectivity index (χ3v) is 19.1. The average molecular weight is 1490 g/mol. The van der Waals surface area contributed by atoms with Crippen LogP contribution in [0.15, 0.2) is 231 Å². The summed E-state index contributed by atoms with van der Waals surface area (Å²) in [6.45, 7) is 5.31. The average Bonchev–Trinajstić information content (AvgIpc) is 1.64. The lowest BCUT2D eigenvalue weighted by molar-refractivity contribution is -0.142. The van der Waals surface area contributed by atoms with Crippen molar-refractivity contribution in [2.45, 2.75) is 30.6 Å². The van der Waals surface area contributed by atoms with Gasteiger partial charge in [-0.1, -0.05) is 194 Å². The number of nitrogens with one attached hydrogen (secondary N) is 4. The van der Waals surface area contributed by atoms with Crippen molar-refractivity contribution in [1.82, 2.24) is 21.3 Å². The maximum Gasteiger partial charge on any atom is 0.407 e. The molecule has 22 nitrogen and oxygen atoms in total. The molecule has 5 N–H and O–H groups in total. The maximum atomic E-state index is 12.6. The summed E-state index contributed by atoms with van der Waals surface area (Å²) in [5, 5.41) is 19.8. The largest absolute Gasteiger partial charge is 0.491 e. The van der Waals surface area contributed by atoms with Crippen LogP contribution in [-0.4, -0.2) is 154 Å². The zero-order chi connectivity index (χ0) is 75.8. The molecule has 10 aromatic rings. The lowest BCUT2D eigenvalue weighted by atomic mass is 9.98. The van der Waals surface area contributed by atoms with Gasteiger partial charge in [0.1, 0.15) is 107 Å². The molecule has 0 saturated carbocycles. The van der Waals surface area contributed by atoms with Gasteiger partial charge in [0.2, 0.25) is 0 Å². The van der Waals surface area contributed by atoms with Crippen molar-refractivity contribution in [3.05, 3.63) is 275 Å². The van der Waals surface area contributed by atoms with Gasteiger partial charge in [0.25, 0.3) is 0 Å². The van der Waals surface area contributed by atoms with E-state index in [0.29, 0.717) is 54.3 Å². The van der Waals surface area contributed by atoms with Gasteiger partial charge in [-0.15, -0.1) is 0 Å². The lowest BCUT2D eigenvalue weighted by Gasteiger charge is -2.16. The number of rotatable bonds is 35. The van der Waals surface area contributed by atoms with Gasteiger partial charge in [0.15, 0.2) is 0 Å². The van der Waals surface area contributed by atoms with Gasteiger partial charge in [-0.25, -0.2) is 24.0 Å². The zero-order valence-electron chi connectivity index (χ0n) is 60.9. The first-order valence-electron chi connectivity index (χ1n) is 36.8. The third kappa shape index (κ3) is 19.4. The Kier molecular flexibility index (Phi) is 26.0. The smallest absolute Gasteiger partial charge is 0.407 e. The molecule has 110 heavy (non-hydrogen) atoms. The standard InChI is InChI=1S/C44H42N2O10.C44H44N2O8/c47-42(48)28-51-21-22-54-31-24-29(52-19-17-45-43(49)55-26-40-36-13-5-1-9-32(36)33-10-2-6-14-37(33)40)23-30(25-31)53-20-18-46-44(50)56-27-41-38-15-7-3-11-34(38)35-12-4-8-16-39(35)41;1-2-49-23-24-52-32-26-30(50-21-19-45-43(47)53-28-41-37-15-7-3-11-33(37)34-12-4-8-16-38(34)41)25-31(27-32)51-22-20-46-44(48)54-29-42-39-17-9-5-13-35(39)36-14-6-10-18-40(36)42/h1-16,23-25,40-41H,17-22,26-28H2,(H,45,49)(H,46,50)(H,47,48);3-18,25-27,41-42H,2,19-24,28-29H2,1H3,(H,45,47)(H,46,48). The van der Waals surface area contributed by atoms with E-state index in [1.54, 1.807) is 36.4 Å². The quantitative estimate of drug-likeness (QED) is 0.0183. The van der Waals surface area contributed by atoms with Gasteiger partial charge < -0.3 is 83.2 Å². The van der Waals surface area contributed by atoms with E-state index in [1.807, 2.05) is 104 Å². The van der Waals surface area contributed by atoms with Crippen LogP contribution in [0.3, 0.4) is 0 Å². The molecule has 4 amide bonds. The van der Waals surface area contributed by atoms with Crippen LogP contribution in [0.5, 0.6) is 34.5 Å². The first-order chi connectivity index (χ1) is 54.0. The molecule has 10 aromatic carbocycles. The normalized spacial score (nSPS) is 12.5. The minimum absolute atomic E-state index is 0.0163. The van der Waals surface area contributed by atoms with Crippen molar-refractivity contribution in [2.75, 3.05) is 119 Å². The van der Waals surface area contributed by atoms with Crippen LogP contribution in [-0.2, 0) is 33.2 Å². The number of benzene rings is 10. The second-order valence-corrected chi connectivity index (χ2v) is 26.0. The number of carboxylic acid groups (broad SMARTS) is 1. The topological polar surface area (TPSA) is 264 Å². The summed E-state index contributed by atoms with van der Waals surface area (Å²) in [6.07, 6.45) is -2.13. The molecule has 0 spiro atoms. The van der Waals surface area contributed by atoms with E-state index >= 15 is 0 Å². The number of carbonyl (C=O) groups is 5. The van der Waals surface area contributed by atoms with E-state index in [2.05, 4.69) is 118 Å². The Labute approximate surface area is 637 Å². The summed E-state index contributed by atoms with van der Waals surface area (Å²) >= 11 is 0. The Morgan fingerprint density at radius 3 is 0.691 bits per heavy atom. The van der Waals surface area contributed by atoms with Crippen LogP contribution in [0, 0.1) is 0 Å². The number of fused-ring (bicyclic) bond motifs is 12. The fourth-order valence-corrected chi connectivity index (χ4v) is 14.2. The van der Waals surface area contributed by atoms with Crippen LogP contribution in [0.1, 0.15) is 75.1 Å². The highest BCUT2D eigenvalue weighted by Gasteiger charge is 2.33. The van der Waals surface area contributed by atoms with Crippen LogP contribution in [0.2, 0.25) is 0 Å². The predicted molar refractivity (Wildman–Crippen MR) is 413 cm³/mol.